The van der Waals surface area contributed by atoms with Crippen LogP contribution in [-0.2, 0) is 11.3 Å². The number of nitrogens with one attached hydrogen (secondary N) is 2. The van der Waals surface area contributed by atoms with Gasteiger partial charge in [0.25, 0.3) is 0 Å². The molecule has 0 bridgehead atoms. The number of nitrogens with zero attached hydrogens (tertiary/aromatic N) is 1. The molecule has 32 heavy (non-hydrogen) atoms. The molecule has 1 aromatic carbocycles. The summed E-state index contributed by atoms with van der Waals surface area (Å²) < 4.78 is 57.8. The van der Waals surface area contributed by atoms with E-state index in [1.54, 1.807) is 6.07 Å². The summed E-state index contributed by atoms with van der Waals surface area (Å²) in [5.74, 6) is -0.379. The molecule has 11 heteroatoms. The minimum absolute atomic E-state index is 0.0110. The number of aromatic hydroxyl groups is 1. The minimum Gasteiger partial charge on any atom is -0.508 e. The molecule has 0 saturated carbocycles. The van der Waals surface area contributed by atoms with Crippen LogP contribution in [0.15, 0.2) is 42.6 Å². The Morgan fingerprint density at radius 1 is 1.25 bits per heavy atom. The average Bonchev–Trinajstić information content (AvgIpc) is 3.28. The first-order valence-electron chi connectivity index (χ1n) is 9.92. The summed E-state index contributed by atoms with van der Waals surface area (Å²) in [6, 6.07) is 7.58. The lowest BCUT2D eigenvalue weighted by molar-refractivity contribution is -0.154. The number of phenolic OH excluding ortho intramolecular Hbond substituents is 1. The lowest BCUT2D eigenvalue weighted by Gasteiger charge is -2.12. The highest BCUT2D eigenvalue weighted by atomic mass is 19.4. The van der Waals surface area contributed by atoms with Crippen molar-refractivity contribution in [1.82, 2.24) is 15.6 Å². The summed E-state index contributed by atoms with van der Waals surface area (Å²) >= 11 is 0. The number of amides is 2. The Hall–Kier alpha value is -3.08. The number of carbonyl (C=O) groups excluding carboxylic acids is 1. The van der Waals surface area contributed by atoms with Crippen LogP contribution in [0.2, 0.25) is 0 Å². The van der Waals surface area contributed by atoms with Crippen molar-refractivity contribution in [3.63, 3.8) is 0 Å². The second kappa shape index (κ2) is 14.1. The van der Waals surface area contributed by atoms with E-state index >= 15 is 0 Å². The first-order chi connectivity index (χ1) is 15.2. The molecule has 1 fully saturated rings. The summed E-state index contributed by atoms with van der Waals surface area (Å²) in [6.07, 6.45) is -2.33. The predicted octanol–water partition coefficient (Wildman–Crippen LogP) is 4.17. The molecular formula is C21H27F4N3O4. The highest BCUT2D eigenvalue weighted by Gasteiger charge is 2.28. The van der Waals surface area contributed by atoms with E-state index in [1.807, 2.05) is 13.8 Å². The van der Waals surface area contributed by atoms with Crippen molar-refractivity contribution in [3.8, 4) is 11.6 Å². The summed E-state index contributed by atoms with van der Waals surface area (Å²) in [5, 5.41) is 13.9. The molecule has 1 unspecified atom stereocenters. The van der Waals surface area contributed by atoms with E-state index in [0.717, 1.165) is 6.42 Å². The monoisotopic (exact) mass is 461 g/mol. The van der Waals surface area contributed by atoms with Crippen molar-refractivity contribution in [2.75, 3.05) is 19.8 Å². The quantitative estimate of drug-likeness (QED) is 0.582. The molecule has 1 aliphatic rings. The van der Waals surface area contributed by atoms with Crippen molar-refractivity contribution in [3.05, 3.63) is 54.0 Å². The van der Waals surface area contributed by atoms with Crippen molar-refractivity contribution < 1.29 is 36.9 Å². The molecule has 3 N–H and O–H groups in total. The number of carbonyl (C=O) groups is 1. The Morgan fingerprint density at radius 2 is 1.94 bits per heavy atom. The minimum atomic E-state index is -4.42. The van der Waals surface area contributed by atoms with Crippen LogP contribution < -0.4 is 15.4 Å². The van der Waals surface area contributed by atoms with Crippen LogP contribution in [-0.4, -0.2) is 48.2 Å². The summed E-state index contributed by atoms with van der Waals surface area (Å²) in [6.45, 7) is 3.86. The molecule has 0 spiro atoms. The van der Waals surface area contributed by atoms with Crippen molar-refractivity contribution in [2.24, 2.45) is 0 Å². The van der Waals surface area contributed by atoms with Gasteiger partial charge in [0.15, 0.2) is 6.61 Å². The number of hydrogen-bond donors (Lipinski definition) is 3. The molecule has 1 atom stereocenters. The largest absolute Gasteiger partial charge is 0.508 e. The van der Waals surface area contributed by atoms with Crippen LogP contribution in [0.25, 0.3) is 0 Å². The molecule has 2 aromatic rings. The molecule has 1 aromatic heterocycles. The van der Waals surface area contributed by atoms with Gasteiger partial charge in [0.2, 0.25) is 5.88 Å². The smallest absolute Gasteiger partial charge is 0.422 e. The molecule has 0 aliphatic carbocycles. The molecule has 3 rings (SSSR count). The number of rotatable bonds is 5. The van der Waals surface area contributed by atoms with Gasteiger partial charge in [0.1, 0.15) is 11.6 Å². The summed E-state index contributed by atoms with van der Waals surface area (Å²) in [7, 11) is 0. The topological polar surface area (TPSA) is 92.7 Å². The fourth-order valence-corrected chi connectivity index (χ4v) is 2.30. The van der Waals surface area contributed by atoms with Crippen LogP contribution in [0.5, 0.6) is 11.6 Å². The Labute approximate surface area is 183 Å². The van der Waals surface area contributed by atoms with Gasteiger partial charge in [0, 0.05) is 25.4 Å². The van der Waals surface area contributed by atoms with Gasteiger partial charge in [0.05, 0.1) is 12.6 Å². The zero-order valence-electron chi connectivity index (χ0n) is 17.8. The Kier molecular flexibility index (Phi) is 11.9. The summed E-state index contributed by atoms with van der Waals surface area (Å²) in [4.78, 5) is 15.3. The second-order valence-corrected chi connectivity index (χ2v) is 6.27. The number of urea groups is 1. The zero-order valence-corrected chi connectivity index (χ0v) is 17.8. The average molecular weight is 461 g/mol. The Morgan fingerprint density at radius 3 is 2.50 bits per heavy atom. The van der Waals surface area contributed by atoms with Gasteiger partial charge in [-0.05, 0) is 42.3 Å². The van der Waals surface area contributed by atoms with Gasteiger partial charge in [-0.15, -0.1) is 0 Å². The normalized spacial score (nSPS) is 14.9. The first kappa shape index (κ1) is 27.0. The van der Waals surface area contributed by atoms with E-state index in [1.165, 1.54) is 36.5 Å². The molecule has 0 radical (unpaired) electrons. The Balaban J connectivity index is 0.000000427. The first-order valence-corrected chi connectivity index (χ1v) is 9.92. The van der Waals surface area contributed by atoms with E-state index in [9.17, 15) is 22.4 Å². The zero-order chi connectivity index (χ0) is 24.0. The van der Waals surface area contributed by atoms with E-state index in [0.29, 0.717) is 18.8 Å². The van der Waals surface area contributed by atoms with Crippen LogP contribution in [0, 0.1) is 5.82 Å². The van der Waals surface area contributed by atoms with Crippen molar-refractivity contribution >= 4 is 6.03 Å². The van der Waals surface area contributed by atoms with Gasteiger partial charge in [-0.2, -0.15) is 13.2 Å². The molecule has 1 saturated heterocycles. The summed E-state index contributed by atoms with van der Waals surface area (Å²) in [5.41, 5.74) is 0.588. The third-order valence-corrected chi connectivity index (χ3v) is 3.73. The maximum atomic E-state index is 12.1. The van der Waals surface area contributed by atoms with Crippen LogP contribution in [0.1, 0.15) is 25.8 Å². The lowest BCUT2D eigenvalue weighted by Crippen LogP contribution is -2.42. The highest BCUT2D eigenvalue weighted by molar-refractivity contribution is 5.74. The molecular weight excluding hydrogens is 434 g/mol. The van der Waals surface area contributed by atoms with Crippen molar-refractivity contribution in [1.29, 1.82) is 0 Å². The van der Waals surface area contributed by atoms with Crippen molar-refractivity contribution in [2.45, 2.75) is 39.0 Å². The Bertz CT molecular complexity index is 777. The molecule has 178 valence electrons. The number of halogens is 4. The van der Waals surface area contributed by atoms with Gasteiger partial charge in [-0.1, -0.05) is 13.8 Å². The fourth-order valence-electron chi connectivity index (χ4n) is 2.30. The molecule has 1 aliphatic heterocycles. The number of hydrogen-bond acceptors (Lipinski definition) is 5. The number of alkyl halides is 3. The number of pyridine rings is 1. The van der Waals surface area contributed by atoms with Crippen LogP contribution in [0.4, 0.5) is 22.4 Å². The fraction of sp³-hybridized carbons (Fsp3) is 0.429. The van der Waals surface area contributed by atoms with Gasteiger partial charge in [-0.3, -0.25) is 0 Å². The van der Waals surface area contributed by atoms with E-state index in [4.69, 9.17) is 9.84 Å². The number of benzene rings is 1. The molecule has 2 amide bonds. The SMILES string of the molecule is CC.O=C(NCc1ccnc(OCC(F)(F)F)c1)NC1CCOC1.Oc1ccc(F)cc1. The number of phenols is 1. The molecule has 7 nitrogen and oxygen atoms in total. The highest BCUT2D eigenvalue weighted by Crippen LogP contribution is 2.17. The lowest BCUT2D eigenvalue weighted by atomic mass is 10.2. The van der Waals surface area contributed by atoms with Crippen LogP contribution in [0.3, 0.4) is 0 Å². The third kappa shape index (κ3) is 11.9. The molecule has 2 heterocycles. The number of ether oxygens (including phenoxy) is 2. The van der Waals surface area contributed by atoms with E-state index in [2.05, 4.69) is 20.4 Å². The standard InChI is InChI=1S/C13H16F3N3O3.C6H5FO.C2H6/c14-13(15,16)8-22-11-5-9(1-3-17-11)6-18-12(20)19-10-2-4-21-7-10;7-5-1-3-6(8)4-2-5;1-2/h1,3,5,10H,2,4,6-8H2,(H2,18,19,20);1-4,8H;1-2H3. The van der Waals surface area contributed by atoms with Gasteiger partial charge >= 0.3 is 12.2 Å². The predicted molar refractivity (Wildman–Crippen MR) is 110 cm³/mol. The second-order valence-electron chi connectivity index (χ2n) is 6.27. The maximum absolute atomic E-state index is 12.1. The van der Waals surface area contributed by atoms with Gasteiger partial charge in [-0.25, -0.2) is 14.2 Å². The maximum Gasteiger partial charge on any atom is 0.422 e. The number of aromatic nitrogens is 1. The van der Waals surface area contributed by atoms with Gasteiger partial charge < -0.3 is 25.2 Å². The van der Waals surface area contributed by atoms with Crippen LogP contribution >= 0.6 is 0 Å². The third-order valence-electron chi connectivity index (χ3n) is 3.73. The van der Waals surface area contributed by atoms with E-state index < -0.39 is 12.8 Å². The van der Waals surface area contributed by atoms with E-state index in [-0.39, 0.29) is 36.1 Å².